The predicted molar refractivity (Wildman–Crippen MR) is 93.4 cm³/mol. The lowest BCUT2D eigenvalue weighted by Crippen LogP contribution is -2.02. The third-order valence-corrected chi connectivity index (χ3v) is 6.23. The first-order valence-electron chi connectivity index (χ1n) is 7.70. The van der Waals surface area contributed by atoms with Crippen molar-refractivity contribution in [3.63, 3.8) is 0 Å². The van der Waals surface area contributed by atoms with Crippen LogP contribution in [-0.4, -0.2) is 14.7 Å². The zero-order valence-corrected chi connectivity index (χ0v) is 14.8. The van der Waals surface area contributed by atoms with E-state index in [0.717, 1.165) is 35.0 Å². The van der Waals surface area contributed by atoms with Gasteiger partial charge in [-0.3, -0.25) is 0 Å². The molecule has 7 heteroatoms. The summed E-state index contributed by atoms with van der Waals surface area (Å²) < 4.78 is 2.05. The molecule has 2 aromatic rings. The van der Waals surface area contributed by atoms with E-state index in [-0.39, 0.29) is 6.61 Å². The molecule has 0 spiro atoms. The Morgan fingerprint density at radius 1 is 1.21 bits per heavy atom. The van der Waals surface area contributed by atoms with E-state index >= 15 is 0 Å². The Morgan fingerprint density at radius 3 is 2.38 bits per heavy atom. The molecule has 122 valence electrons. The van der Waals surface area contributed by atoms with Gasteiger partial charge in [0.2, 0.25) is 0 Å². The minimum atomic E-state index is -0.0682. The van der Waals surface area contributed by atoms with Crippen molar-refractivity contribution in [2.75, 3.05) is 0 Å². The summed E-state index contributed by atoms with van der Waals surface area (Å²) in [5.74, 6) is 1.19. The highest BCUT2D eigenvalue weighted by atomic mass is 33.1. The lowest BCUT2D eigenvalue weighted by atomic mass is 10.1. The number of hydrogen-bond acceptors (Lipinski definition) is 6. The molecule has 0 amide bonds. The highest BCUT2D eigenvalue weighted by molar-refractivity contribution is 8.76. The van der Waals surface area contributed by atoms with Crippen LogP contribution in [0.1, 0.15) is 48.3 Å². The van der Waals surface area contributed by atoms with Crippen LogP contribution in [0.2, 0.25) is 0 Å². The van der Waals surface area contributed by atoms with E-state index in [1.165, 1.54) is 10.8 Å². The summed E-state index contributed by atoms with van der Waals surface area (Å²) >= 11 is 0. The fourth-order valence-corrected chi connectivity index (χ4v) is 5.01. The van der Waals surface area contributed by atoms with E-state index in [4.69, 9.17) is 10.5 Å². The first kappa shape index (κ1) is 16.9. The van der Waals surface area contributed by atoms with Crippen LogP contribution in [0.25, 0.3) is 0 Å². The summed E-state index contributed by atoms with van der Waals surface area (Å²) in [4.78, 5) is 5.48. The van der Waals surface area contributed by atoms with Crippen LogP contribution in [0, 0.1) is 22.7 Å². The Labute approximate surface area is 148 Å². The molecule has 1 aromatic carbocycles. The first-order chi connectivity index (χ1) is 11.7. The number of nitriles is 2. The van der Waals surface area contributed by atoms with Gasteiger partial charge in [-0.1, -0.05) is 10.8 Å². The van der Waals surface area contributed by atoms with Crippen molar-refractivity contribution in [1.29, 1.82) is 10.5 Å². The maximum absolute atomic E-state index is 9.54. The Kier molecular flexibility index (Phi) is 5.15. The molecule has 1 fully saturated rings. The number of aliphatic hydroxyl groups is 1. The Morgan fingerprint density at radius 2 is 1.88 bits per heavy atom. The first-order valence-corrected chi connectivity index (χ1v) is 9.85. The van der Waals surface area contributed by atoms with Crippen LogP contribution in [0.5, 0.6) is 0 Å². The second-order valence-electron chi connectivity index (χ2n) is 5.53. The highest BCUT2D eigenvalue weighted by Crippen LogP contribution is 2.48. The van der Waals surface area contributed by atoms with Gasteiger partial charge in [0, 0.05) is 17.4 Å². The van der Waals surface area contributed by atoms with Gasteiger partial charge in [0.1, 0.15) is 17.5 Å². The molecule has 1 heterocycles. The number of rotatable bonds is 6. The monoisotopic (exact) mass is 356 g/mol. The van der Waals surface area contributed by atoms with Gasteiger partial charge < -0.3 is 9.67 Å². The molecule has 1 aliphatic carbocycles. The van der Waals surface area contributed by atoms with Crippen LogP contribution >= 0.6 is 21.6 Å². The van der Waals surface area contributed by atoms with Crippen LogP contribution in [0.15, 0.2) is 28.1 Å². The second-order valence-corrected chi connectivity index (χ2v) is 7.72. The van der Waals surface area contributed by atoms with E-state index < -0.39 is 0 Å². The molecule has 1 aromatic heterocycles. The van der Waals surface area contributed by atoms with Crippen molar-refractivity contribution in [3.05, 3.63) is 40.8 Å². The number of benzene rings is 1. The summed E-state index contributed by atoms with van der Waals surface area (Å²) in [5, 5.41) is 28.8. The quantitative estimate of drug-likeness (QED) is 0.792. The third kappa shape index (κ3) is 3.44. The standard InChI is InChI=1S/C17H16N4OS2/c1-2-21-15(10-22)20-16(13-3-4-13)17(21)24-23-14-6-11(8-18)5-12(7-14)9-19/h5-7,13,22H,2-4,10H2,1H3. The van der Waals surface area contributed by atoms with Crippen LogP contribution in [-0.2, 0) is 13.2 Å². The molecule has 0 bridgehead atoms. The van der Waals surface area contributed by atoms with Gasteiger partial charge in [-0.2, -0.15) is 10.5 Å². The van der Waals surface area contributed by atoms with E-state index in [9.17, 15) is 5.11 Å². The summed E-state index contributed by atoms with van der Waals surface area (Å²) in [6, 6.07) is 9.34. The second kappa shape index (κ2) is 7.31. The van der Waals surface area contributed by atoms with Crippen LogP contribution in [0.3, 0.4) is 0 Å². The molecule has 0 unspecified atom stereocenters. The smallest absolute Gasteiger partial charge is 0.135 e. The maximum atomic E-state index is 9.54. The lowest BCUT2D eigenvalue weighted by molar-refractivity contribution is 0.264. The molecular weight excluding hydrogens is 340 g/mol. The number of aliphatic hydroxyl groups excluding tert-OH is 1. The number of nitrogens with zero attached hydrogens (tertiary/aromatic N) is 4. The highest BCUT2D eigenvalue weighted by Gasteiger charge is 2.31. The van der Waals surface area contributed by atoms with Gasteiger partial charge in [-0.15, -0.1) is 0 Å². The Bertz CT molecular complexity index is 811. The summed E-state index contributed by atoms with van der Waals surface area (Å²) in [6.45, 7) is 2.72. The van der Waals surface area contributed by atoms with Crippen molar-refractivity contribution in [1.82, 2.24) is 9.55 Å². The average Bonchev–Trinajstić information content (AvgIpc) is 3.40. The van der Waals surface area contributed by atoms with Gasteiger partial charge >= 0.3 is 0 Å². The molecule has 1 aliphatic rings. The minimum Gasteiger partial charge on any atom is -0.388 e. The largest absolute Gasteiger partial charge is 0.388 e. The fourth-order valence-electron chi connectivity index (χ4n) is 2.52. The zero-order valence-electron chi connectivity index (χ0n) is 13.2. The van der Waals surface area contributed by atoms with Gasteiger partial charge in [0.15, 0.2) is 0 Å². The van der Waals surface area contributed by atoms with Gasteiger partial charge in [0.25, 0.3) is 0 Å². The zero-order chi connectivity index (χ0) is 17.1. The Hall–Kier alpha value is -1.93. The number of hydrogen-bond donors (Lipinski definition) is 1. The number of aromatic nitrogens is 2. The van der Waals surface area contributed by atoms with E-state index in [1.807, 2.05) is 11.5 Å². The van der Waals surface area contributed by atoms with E-state index in [2.05, 4.69) is 17.1 Å². The fraction of sp³-hybridized carbons (Fsp3) is 0.353. The van der Waals surface area contributed by atoms with Crippen LogP contribution in [0.4, 0.5) is 0 Å². The Balaban J connectivity index is 1.88. The van der Waals surface area contributed by atoms with Gasteiger partial charge in [-0.25, -0.2) is 4.98 Å². The van der Waals surface area contributed by atoms with E-state index in [1.54, 1.807) is 29.0 Å². The average molecular weight is 356 g/mol. The van der Waals surface area contributed by atoms with E-state index in [0.29, 0.717) is 22.9 Å². The number of imidazole rings is 1. The summed E-state index contributed by atoms with van der Waals surface area (Å²) in [6.07, 6.45) is 2.29. The normalized spacial score (nSPS) is 13.5. The lowest BCUT2D eigenvalue weighted by Gasteiger charge is -2.09. The molecule has 0 radical (unpaired) electrons. The molecule has 24 heavy (non-hydrogen) atoms. The van der Waals surface area contributed by atoms with Crippen molar-refractivity contribution in [3.8, 4) is 12.1 Å². The SMILES string of the molecule is CCn1c(CO)nc(C2CC2)c1SSc1cc(C#N)cc(C#N)c1. The van der Waals surface area contributed by atoms with Gasteiger partial charge in [-0.05, 0) is 48.8 Å². The molecular formula is C17H16N4OS2. The molecule has 1 saturated carbocycles. The molecule has 5 nitrogen and oxygen atoms in total. The van der Waals surface area contributed by atoms with Crippen molar-refractivity contribution >= 4 is 21.6 Å². The molecule has 1 N–H and O–H groups in total. The van der Waals surface area contributed by atoms with Crippen molar-refractivity contribution in [2.24, 2.45) is 0 Å². The van der Waals surface area contributed by atoms with Gasteiger partial charge in [0.05, 0.1) is 29.0 Å². The topological polar surface area (TPSA) is 85.6 Å². The minimum absolute atomic E-state index is 0.0682. The summed E-state index contributed by atoms with van der Waals surface area (Å²) in [7, 11) is 3.10. The van der Waals surface area contributed by atoms with Crippen molar-refractivity contribution < 1.29 is 5.11 Å². The predicted octanol–water partition coefficient (Wildman–Crippen LogP) is 3.82. The molecule has 0 saturated heterocycles. The molecule has 3 rings (SSSR count). The third-order valence-electron chi connectivity index (χ3n) is 3.83. The molecule has 0 atom stereocenters. The summed E-state index contributed by atoms with van der Waals surface area (Å²) in [5.41, 5.74) is 2.04. The maximum Gasteiger partial charge on any atom is 0.135 e. The van der Waals surface area contributed by atoms with Crippen molar-refractivity contribution in [2.45, 2.75) is 48.8 Å². The molecule has 0 aliphatic heterocycles. The van der Waals surface area contributed by atoms with Crippen LogP contribution < -0.4 is 0 Å².